The molecule has 0 saturated heterocycles. The Labute approximate surface area is 112 Å². The number of aromatic nitrogens is 1. The lowest BCUT2D eigenvalue weighted by molar-refractivity contribution is 0.102. The summed E-state index contributed by atoms with van der Waals surface area (Å²) in [6.45, 7) is 1.73. The first-order valence-corrected chi connectivity index (χ1v) is 6.04. The number of carbonyl (C=O) groups excluding carboxylic acids is 1. The van der Waals surface area contributed by atoms with Gasteiger partial charge in [-0.05, 0) is 40.5 Å². The Balaban J connectivity index is 2.27. The number of halogens is 2. The lowest BCUT2D eigenvalue weighted by Crippen LogP contribution is -2.14. The fourth-order valence-electron chi connectivity index (χ4n) is 1.51. The van der Waals surface area contributed by atoms with Crippen molar-refractivity contribution < 1.29 is 9.18 Å². The van der Waals surface area contributed by atoms with E-state index in [-0.39, 0.29) is 5.69 Å². The zero-order valence-corrected chi connectivity index (χ0v) is 11.2. The van der Waals surface area contributed by atoms with Crippen LogP contribution in [0.3, 0.4) is 0 Å². The maximum Gasteiger partial charge on any atom is 0.257 e. The lowest BCUT2D eigenvalue weighted by Gasteiger charge is -2.09. The molecule has 1 aromatic heterocycles. The predicted octanol–water partition coefficient (Wildman–Crippen LogP) is 3.54. The van der Waals surface area contributed by atoms with Crippen LogP contribution in [0.25, 0.3) is 0 Å². The van der Waals surface area contributed by atoms with E-state index < -0.39 is 11.7 Å². The minimum atomic E-state index is -0.452. The van der Waals surface area contributed by atoms with E-state index in [4.69, 9.17) is 0 Å². The van der Waals surface area contributed by atoms with E-state index in [2.05, 4.69) is 26.2 Å². The van der Waals surface area contributed by atoms with Crippen molar-refractivity contribution in [3.8, 4) is 0 Å². The first-order valence-electron chi connectivity index (χ1n) is 5.25. The number of hydrogen-bond acceptors (Lipinski definition) is 2. The molecule has 0 atom stereocenters. The maximum absolute atomic E-state index is 13.6. The number of benzene rings is 1. The molecule has 0 fully saturated rings. The molecule has 1 amide bonds. The third-order valence-electron chi connectivity index (χ3n) is 2.43. The summed E-state index contributed by atoms with van der Waals surface area (Å²) in [5.41, 5.74) is 1.24. The second-order valence-electron chi connectivity index (χ2n) is 3.78. The van der Waals surface area contributed by atoms with Crippen LogP contribution in [-0.2, 0) is 0 Å². The van der Waals surface area contributed by atoms with Crippen molar-refractivity contribution in [2.45, 2.75) is 6.92 Å². The van der Waals surface area contributed by atoms with Crippen molar-refractivity contribution >= 4 is 27.5 Å². The molecule has 5 heteroatoms. The Bertz CT molecular complexity index is 581. The monoisotopic (exact) mass is 308 g/mol. The zero-order valence-electron chi connectivity index (χ0n) is 9.58. The minimum Gasteiger partial charge on any atom is -0.319 e. The second kappa shape index (κ2) is 5.27. The number of rotatable bonds is 2. The molecule has 0 unspecified atom stereocenters. The Kier molecular flexibility index (Phi) is 3.72. The van der Waals surface area contributed by atoms with Gasteiger partial charge < -0.3 is 5.32 Å². The first kappa shape index (κ1) is 12.7. The number of anilines is 1. The smallest absolute Gasteiger partial charge is 0.257 e. The molecule has 0 radical (unpaired) electrons. The maximum atomic E-state index is 13.6. The summed E-state index contributed by atoms with van der Waals surface area (Å²) in [6.07, 6.45) is 3.00. The number of pyridine rings is 1. The summed E-state index contributed by atoms with van der Waals surface area (Å²) in [5, 5.41) is 2.55. The second-order valence-corrected chi connectivity index (χ2v) is 4.69. The number of hydrogen-bond donors (Lipinski definition) is 1. The van der Waals surface area contributed by atoms with E-state index in [1.54, 1.807) is 31.3 Å². The fraction of sp³-hybridized carbons (Fsp3) is 0.0769. The molecular weight excluding hydrogens is 299 g/mol. The summed E-state index contributed by atoms with van der Waals surface area (Å²) in [6, 6.07) is 6.26. The van der Waals surface area contributed by atoms with Crippen LogP contribution in [0.5, 0.6) is 0 Å². The first-order chi connectivity index (χ1) is 8.58. The van der Waals surface area contributed by atoms with Gasteiger partial charge in [0.2, 0.25) is 0 Å². The fourth-order valence-corrected chi connectivity index (χ4v) is 1.88. The van der Waals surface area contributed by atoms with Crippen LogP contribution >= 0.6 is 15.9 Å². The van der Waals surface area contributed by atoms with Gasteiger partial charge in [-0.15, -0.1) is 0 Å². The number of aryl methyl sites for hydroxylation is 1. The summed E-state index contributed by atoms with van der Waals surface area (Å²) in [5.74, 6) is -0.844. The summed E-state index contributed by atoms with van der Waals surface area (Å²) in [4.78, 5) is 15.8. The van der Waals surface area contributed by atoms with Gasteiger partial charge in [0.25, 0.3) is 5.91 Å². The highest BCUT2D eigenvalue weighted by Gasteiger charge is 2.11. The number of nitrogens with one attached hydrogen (secondary N) is 1. The number of amides is 1. The molecule has 18 heavy (non-hydrogen) atoms. The minimum absolute atomic E-state index is 0.197. The molecule has 0 aliphatic rings. The van der Waals surface area contributed by atoms with Crippen LogP contribution in [-0.4, -0.2) is 10.9 Å². The van der Waals surface area contributed by atoms with E-state index in [0.717, 1.165) is 0 Å². The summed E-state index contributed by atoms with van der Waals surface area (Å²) < 4.78 is 14.3. The molecule has 0 spiro atoms. The Morgan fingerprint density at radius 3 is 2.83 bits per heavy atom. The standard InChI is InChI=1S/C13H10BrFN2O/c1-8-3-2-4-11(15)12(8)17-13(18)9-5-10(14)7-16-6-9/h2-7H,1H3,(H,17,18). The molecular formula is C13H10BrFN2O. The van der Waals surface area contributed by atoms with Crippen LogP contribution in [0.1, 0.15) is 15.9 Å². The van der Waals surface area contributed by atoms with Crippen LogP contribution in [0.2, 0.25) is 0 Å². The highest BCUT2D eigenvalue weighted by atomic mass is 79.9. The largest absolute Gasteiger partial charge is 0.319 e. The predicted molar refractivity (Wildman–Crippen MR) is 71.0 cm³/mol. The molecule has 0 aliphatic carbocycles. The molecule has 0 saturated carbocycles. The van der Waals surface area contributed by atoms with Gasteiger partial charge in [-0.3, -0.25) is 9.78 Å². The Morgan fingerprint density at radius 2 is 2.17 bits per heavy atom. The average molecular weight is 309 g/mol. The van der Waals surface area contributed by atoms with Crippen molar-refractivity contribution in [1.82, 2.24) is 4.98 Å². The molecule has 2 rings (SSSR count). The Morgan fingerprint density at radius 1 is 1.39 bits per heavy atom. The molecule has 0 bridgehead atoms. The van der Waals surface area contributed by atoms with Crippen LogP contribution in [0.15, 0.2) is 41.1 Å². The van der Waals surface area contributed by atoms with Crippen molar-refractivity contribution in [2.75, 3.05) is 5.32 Å². The van der Waals surface area contributed by atoms with E-state index in [9.17, 15) is 9.18 Å². The third kappa shape index (κ3) is 2.73. The molecule has 2 aromatic rings. The molecule has 3 nitrogen and oxygen atoms in total. The number of nitrogens with zero attached hydrogens (tertiary/aromatic N) is 1. The zero-order chi connectivity index (χ0) is 13.1. The third-order valence-corrected chi connectivity index (χ3v) is 2.86. The normalized spacial score (nSPS) is 10.2. The van der Waals surface area contributed by atoms with Crippen molar-refractivity contribution in [3.63, 3.8) is 0 Å². The average Bonchev–Trinajstić information content (AvgIpc) is 2.34. The van der Waals surface area contributed by atoms with Gasteiger partial charge in [-0.25, -0.2) is 4.39 Å². The number of carbonyl (C=O) groups is 1. The highest BCUT2D eigenvalue weighted by molar-refractivity contribution is 9.10. The van der Waals surface area contributed by atoms with Gasteiger partial charge in [-0.1, -0.05) is 12.1 Å². The van der Waals surface area contributed by atoms with Crippen molar-refractivity contribution in [2.24, 2.45) is 0 Å². The van der Waals surface area contributed by atoms with Gasteiger partial charge in [0.15, 0.2) is 0 Å². The van der Waals surface area contributed by atoms with E-state index >= 15 is 0 Å². The molecule has 1 N–H and O–H groups in total. The van der Waals surface area contributed by atoms with Gasteiger partial charge >= 0.3 is 0 Å². The van der Waals surface area contributed by atoms with Crippen LogP contribution < -0.4 is 5.32 Å². The molecule has 0 aliphatic heterocycles. The van der Waals surface area contributed by atoms with Gasteiger partial charge in [0, 0.05) is 16.9 Å². The summed E-state index contributed by atoms with van der Waals surface area (Å²) in [7, 11) is 0. The van der Waals surface area contributed by atoms with Gasteiger partial charge in [0.1, 0.15) is 5.82 Å². The summed E-state index contributed by atoms with van der Waals surface area (Å²) >= 11 is 3.23. The quantitative estimate of drug-likeness (QED) is 0.922. The van der Waals surface area contributed by atoms with Crippen LogP contribution in [0, 0.1) is 12.7 Å². The molecule has 92 valence electrons. The molecule has 1 heterocycles. The van der Waals surface area contributed by atoms with Crippen LogP contribution in [0.4, 0.5) is 10.1 Å². The highest BCUT2D eigenvalue weighted by Crippen LogP contribution is 2.20. The Hall–Kier alpha value is -1.75. The van der Waals surface area contributed by atoms with E-state index in [1.165, 1.54) is 12.3 Å². The van der Waals surface area contributed by atoms with Gasteiger partial charge in [-0.2, -0.15) is 0 Å². The number of para-hydroxylation sites is 1. The van der Waals surface area contributed by atoms with Gasteiger partial charge in [0.05, 0.1) is 11.3 Å². The van der Waals surface area contributed by atoms with Crippen molar-refractivity contribution in [3.05, 3.63) is 58.1 Å². The van der Waals surface area contributed by atoms with E-state index in [0.29, 0.717) is 15.6 Å². The SMILES string of the molecule is Cc1cccc(F)c1NC(=O)c1cncc(Br)c1. The van der Waals surface area contributed by atoms with Crippen molar-refractivity contribution in [1.29, 1.82) is 0 Å². The topological polar surface area (TPSA) is 42.0 Å². The molecule has 1 aromatic carbocycles. The lowest BCUT2D eigenvalue weighted by atomic mass is 10.2. The van der Waals surface area contributed by atoms with E-state index in [1.807, 2.05) is 0 Å².